The van der Waals surface area contributed by atoms with Crippen molar-refractivity contribution in [1.29, 1.82) is 0 Å². The molecule has 1 aromatic heterocycles. The average Bonchev–Trinajstić information content (AvgIpc) is 2.62. The average molecular weight is 333 g/mol. The molecule has 3 heterocycles. The van der Waals surface area contributed by atoms with Crippen molar-refractivity contribution < 1.29 is 4.74 Å². The van der Waals surface area contributed by atoms with Gasteiger partial charge in [0.1, 0.15) is 5.82 Å². The van der Waals surface area contributed by atoms with E-state index in [1.54, 1.807) is 0 Å². The molecule has 2 saturated heterocycles. The lowest BCUT2D eigenvalue weighted by Gasteiger charge is -2.41. The molecule has 4 rings (SSSR count). The summed E-state index contributed by atoms with van der Waals surface area (Å²) in [6.45, 7) is 6.00. The lowest BCUT2D eigenvalue weighted by molar-refractivity contribution is 0.0321. The van der Waals surface area contributed by atoms with Gasteiger partial charge in [-0.05, 0) is 31.0 Å². The largest absolute Gasteiger partial charge is 0.381 e. The van der Waals surface area contributed by atoms with Crippen LogP contribution in [0.1, 0.15) is 12.8 Å². The van der Waals surface area contributed by atoms with Gasteiger partial charge in [-0.2, -0.15) is 0 Å². The summed E-state index contributed by atoms with van der Waals surface area (Å²) in [7, 11) is 0. The Morgan fingerprint density at radius 1 is 1.04 bits per heavy atom. The van der Waals surface area contributed by atoms with Gasteiger partial charge in [0.15, 0.2) is 0 Å². The van der Waals surface area contributed by atoms with E-state index >= 15 is 0 Å². The van der Waals surface area contributed by atoms with Crippen LogP contribution >= 0.6 is 11.6 Å². The molecule has 0 amide bonds. The van der Waals surface area contributed by atoms with Crippen LogP contribution in [0.25, 0.3) is 11.0 Å². The number of rotatable bonds is 2. The summed E-state index contributed by atoms with van der Waals surface area (Å²) < 4.78 is 5.47. The predicted molar refractivity (Wildman–Crippen MR) is 92.2 cm³/mol. The van der Waals surface area contributed by atoms with Crippen LogP contribution in [0.5, 0.6) is 0 Å². The van der Waals surface area contributed by atoms with Crippen LogP contribution in [0.2, 0.25) is 5.02 Å². The van der Waals surface area contributed by atoms with Crippen molar-refractivity contribution in [1.82, 2.24) is 14.9 Å². The van der Waals surface area contributed by atoms with Gasteiger partial charge in [0.25, 0.3) is 0 Å². The van der Waals surface area contributed by atoms with Gasteiger partial charge in [-0.1, -0.05) is 11.6 Å². The minimum atomic E-state index is 0.690. The van der Waals surface area contributed by atoms with Gasteiger partial charge in [-0.15, -0.1) is 0 Å². The number of aromatic nitrogens is 2. The Bertz CT molecular complexity index is 681. The van der Waals surface area contributed by atoms with E-state index in [0.717, 1.165) is 69.1 Å². The highest BCUT2D eigenvalue weighted by Crippen LogP contribution is 2.22. The van der Waals surface area contributed by atoms with Crippen molar-refractivity contribution >= 4 is 28.5 Å². The molecule has 23 heavy (non-hydrogen) atoms. The molecule has 0 bridgehead atoms. The Balaban J connectivity index is 1.44. The van der Waals surface area contributed by atoms with E-state index in [1.165, 1.54) is 0 Å². The number of anilines is 1. The highest BCUT2D eigenvalue weighted by Gasteiger charge is 2.26. The fraction of sp³-hybridized carbons (Fsp3) is 0.529. The first kappa shape index (κ1) is 15.1. The van der Waals surface area contributed by atoms with Gasteiger partial charge in [0.05, 0.1) is 17.2 Å². The number of halogens is 1. The number of hydrogen-bond donors (Lipinski definition) is 0. The van der Waals surface area contributed by atoms with E-state index < -0.39 is 0 Å². The second-order valence-corrected chi connectivity index (χ2v) is 6.66. The molecule has 0 saturated carbocycles. The van der Waals surface area contributed by atoms with E-state index in [-0.39, 0.29) is 0 Å². The minimum absolute atomic E-state index is 0.690. The van der Waals surface area contributed by atoms with Crippen LogP contribution in [-0.2, 0) is 4.74 Å². The van der Waals surface area contributed by atoms with Crippen LogP contribution in [-0.4, -0.2) is 60.3 Å². The molecule has 2 aromatic rings. The van der Waals surface area contributed by atoms with Gasteiger partial charge < -0.3 is 9.64 Å². The van der Waals surface area contributed by atoms with E-state index in [4.69, 9.17) is 21.3 Å². The molecule has 6 heteroatoms. The van der Waals surface area contributed by atoms with E-state index in [0.29, 0.717) is 11.1 Å². The topological polar surface area (TPSA) is 41.5 Å². The van der Waals surface area contributed by atoms with Gasteiger partial charge in [-0.25, -0.2) is 4.98 Å². The Kier molecular flexibility index (Phi) is 4.33. The summed E-state index contributed by atoms with van der Waals surface area (Å²) in [5.41, 5.74) is 1.75. The SMILES string of the molecule is Clc1ccc2nc(N3CCN(C4CCOCC4)CC3)cnc2c1. The zero-order chi connectivity index (χ0) is 15.6. The van der Waals surface area contributed by atoms with E-state index in [9.17, 15) is 0 Å². The Morgan fingerprint density at radius 3 is 2.61 bits per heavy atom. The monoisotopic (exact) mass is 332 g/mol. The minimum Gasteiger partial charge on any atom is -0.381 e. The summed E-state index contributed by atoms with van der Waals surface area (Å²) in [5, 5.41) is 0.699. The molecule has 122 valence electrons. The fourth-order valence-corrected chi connectivity index (χ4v) is 3.66. The zero-order valence-electron chi connectivity index (χ0n) is 13.1. The van der Waals surface area contributed by atoms with E-state index in [1.807, 2.05) is 24.4 Å². The highest BCUT2D eigenvalue weighted by atomic mass is 35.5. The maximum absolute atomic E-state index is 6.00. The number of nitrogens with zero attached hydrogens (tertiary/aromatic N) is 4. The molecular weight excluding hydrogens is 312 g/mol. The molecule has 0 unspecified atom stereocenters. The summed E-state index contributed by atoms with van der Waals surface area (Å²) in [6, 6.07) is 6.35. The van der Waals surface area contributed by atoms with Gasteiger partial charge in [-0.3, -0.25) is 9.88 Å². The molecular formula is C17H21ClN4O. The molecule has 2 fully saturated rings. The van der Waals surface area contributed by atoms with Gasteiger partial charge in [0.2, 0.25) is 0 Å². The van der Waals surface area contributed by atoms with Crippen molar-refractivity contribution in [2.24, 2.45) is 0 Å². The number of piperazine rings is 1. The van der Waals surface area contributed by atoms with Crippen LogP contribution in [0, 0.1) is 0 Å². The molecule has 2 aliphatic heterocycles. The Labute approximate surface area is 141 Å². The van der Waals surface area contributed by atoms with Crippen molar-refractivity contribution in [2.45, 2.75) is 18.9 Å². The first-order chi connectivity index (χ1) is 11.3. The third kappa shape index (κ3) is 3.27. The number of hydrogen-bond acceptors (Lipinski definition) is 5. The van der Waals surface area contributed by atoms with Crippen molar-refractivity contribution in [3.63, 3.8) is 0 Å². The fourth-order valence-electron chi connectivity index (χ4n) is 3.49. The number of fused-ring (bicyclic) bond motifs is 1. The number of benzene rings is 1. The van der Waals surface area contributed by atoms with Crippen LogP contribution in [0.4, 0.5) is 5.82 Å². The summed E-state index contributed by atoms with van der Waals surface area (Å²) >= 11 is 6.00. The van der Waals surface area contributed by atoms with E-state index in [2.05, 4.69) is 14.8 Å². The van der Waals surface area contributed by atoms with Gasteiger partial charge >= 0.3 is 0 Å². The van der Waals surface area contributed by atoms with Crippen molar-refractivity contribution in [3.8, 4) is 0 Å². The second kappa shape index (κ2) is 6.59. The molecule has 2 aliphatic rings. The molecule has 0 spiro atoms. The lowest BCUT2D eigenvalue weighted by Crippen LogP contribution is -2.51. The first-order valence-corrected chi connectivity index (χ1v) is 8.66. The quantitative estimate of drug-likeness (QED) is 0.845. The molecule has 0 radical (unpaired) electrons. The summed E-state index contributed by atoms with van der Waals surface area (Å²) in [4.78, 5) is 14.2. The van der Waals surface area contributed by atoms with Crippen LogP contribution in [0.15, 0.2) is 24.4 Å². The molecule has 0 aliphatic carbocycles. The summed E-state index contributed by atoms with van der Waals surface area (Å²) in [5.74, 6) is 0.964. The lowest BCUT2D eigenvalue weighted by atomic mass is 10.1. The van der Waals surface area contributed by atoms with Crippen LogP contribution in [0.3, 0.4) is 0 Å². The second-order valence-electron chi connectivity index (χ2n) is 6.23. The Morgan fingerprint density at radius 2 is 1.83 bits per heavy atom. The van der Waals surface area contributed by atoms with Crippen molar-refractivity contribution in [2.75, 3.05) is 44.3 Å². The van der Waals surface area contributed by atoms with Crippen molar-refractivity contribution in [3.05, 3.63) is 29.4 Å². The Hall–Kier alpha value is -1.43. The zero-order valence-corrected chi connectivity index (χ0v) is 13.9. The van der Waals surface area contributed by atoms with Crippen LogP contribution < -0.4 is 4.90 Å². The smallest absolute Gasteiger partial charge is 0.147 e. The third-order valence-corrected chi connectivity index (χ3v) is 5.07. The third-order valence-electron chi connectivity index (χ3n) is 4.84. The maximum Gasteiger partial charge on any atom is 0.147 e. The normalized spacial score (nSPS) is 21.0. The predicted octanol–water partition coefficient (Wildman–Crippen LogP) is 2.58. The first-order valence-electron chi connectivity index (χ1n) is 8.29. The summed E-state index contributed by atoms with van der Waals surface area (Å²) in [6.07, 6.45) is 4.19. The molecule has 0 N–H and O–H groups in total. The highest BCUT2D eigenvalue weighted by molar-refractivity contribution is 6.31. The molecule has 1 aromatic carbocycles. The molecule has 0 atom stereocenters. The maximum atomic E-state index is 6.00. The number of ether oxygens (including phenoxy) is 1. The standard InChI is InChI=1S/C17H21ClN4O/c18-13-1-2-15-16(11-13)19-12-17(20-15)22-7-5-21(6-8-22)14-3-9-23-10-4-14/h1-2,11-12,14H,3-10H2. The van der Waals surface area contributed by atoms with Gasteiger partial charge in [0, 0.05) is 50.5 Å². The molecule has 5 nitrogen and oxygen atoms in total.